The van der Waals surface area contributed by atoms with Crippen molar-refractivity contribution >= 4 is 11.8 Å². The second-order valence-corrected chi connectivity index (χ2v) is 8.18. The average Bonchev–Trinajstić information content (AvgIpc) is 3.26. The van der Waals surface area contributed by atoms with Crippen LogP contribution in [-0.2, 0) is 18.4 Å². The van der Waals surface area contributed by atoms with Crippen molar-refractivity contribution in [2.24, 2.45) is 7.05 Å². The summed E-state index contributed by atoms with van der Waals surface area (Å²) in [5, 5.41) is 7.05. The molecule has 0 saturated carbocycles. The Morgan fingerprint density at radius 1 is 1.15 bits per heavy atom. The van der Waals surface area contributed by atoms with Crippen molar-refractivity contribution in [2.45, 2.75) is 32.2 Å². The molecule has 0 aliphatic carbocycles. The highest BCUT2D eigenvalue weighted by molar-refractivity contribution is 5.95. The molecule has 3 aromatic rings. The van der Waals surface area contributed by atoms with Crippen molar-refractivity contribution in [1.82, 2.24) is 30.0 Å². The van der Waals surface area contributed by atoms with Gasteiger partial charge in [-0.15, -0.1) is 0 Å². The Morgan fingerprint density at radius 3 is 2.61 bits per heavy atom. The summed E-state index contributed by atoms with van der Waals surface area (Å²) in [6.07, 6.45) is 6.65. The Hall–Kier alpha value is -3.75. The smallest absolute Gasteiger partial charge is 0.260 e. The third-order valence-electron chi connectivity index (χ3n) is 5.73. The van der Waals surface area contributed by atoms with Crippen LogP contribution in [0.2, 0.25) is 0 Å². The van der Waals surface area contributed by atoms with Gasteiger partial charge in [0.2, 0.25) is 0 Å². The molecule has 0 spiro atoms. The number of aryl methyl sites for hydroxylation is 2. The van der Waals surface area contributed by atoms with Crippen LogP contribution in [0.25, 0.3) is 0 Å². The summed E-state index contributed by atoms with van der Waals surface area (Å²) in [6, 6.07) is 9.32. The number of likely N-dealkylation sites (tertiary alicyclic amines) is 1. The maximum absolute atomic E-state index is 12.9. The molecule has 1 aromatic carbocycles. The summed E-state index contributed by atoms with van der Waals surface area (Å²) in [4.78, 5) is 36.1. The molecule has 33 heavy (non-hydrogen) atoms. The van der Waals surface area contributed by atoms with Crippen LogP contribution in [0.5, 0.6) is 5.75 Å². The monoisotopic (exact) mass is 448 g/mol. The minimum atomic E-state index is -0.205. The first-order valence-corrected chi connectivity index (χ1v) is 11.0. The number of nitrogens with one attached hydrogen (secondary N) is 1. The predicted molar refractivity (Wildman–Crippen MR) is 122 cm³/mol. The molecule has 1 N–H and O–H groups in total. The number of hydrogen-bond acceptors (Lipinski definition) is 6. The second-order valence-electron chi connectivity index (χ2n) is 8.18. The largest absolute Gasteiger partial charge is 0.484 e. The molecule has 0 atom stereocenters. The van der Waals surface area contributed by atoms with Crippen molar-refractivity contribution in [3.8, 4) is 5.75 Å². The van der Waals surface area contributed by atoms with Gasteiger partial charge in [0, 0.05) is 50.6 Å². The third kappa shape index (κ3) is 5.74. The molecule has 0 bridgehead atoms. The zero-order valence-electron chi connectivity index (χ0n) is 18.9. The predicted octanol–water partition coefficient (Wildman–Crippen LogP) is 2.23. The number of amides is 2. The normalized spacial score (nSPS) is 14.2. The van der Waals surface area contributed by atoms with E-state index in [1.54, 1.807) is 17.1 Å². The van der Waals surface area contributed by atoms with Crippen molar-refractivity contribution in [2.75, 3.05) is 19.7 Å². The fraction of sp³-hybridized carbons (Fsp3) is 0.375. The molecule has 2 amide bonds. The number of benzene rings is 1. The zero-order valence-corrected chi connectivity index (χ0v) is 18.9. The molecule has 9 nitrogen and oxygen atoms in total. The summed E-state index contributed by atoms with van der Waals surface area (Å²) in [6.45, 7) is 3.42. The van der Waals surface area contributed by atoms with Gasteiger partial charge in [-0.05, 0) is 31.9 Å². The Labute approximate surface area is 192 Å². The van der Waals surface area contributed by atoms with Crippen LogP contribution < -0.4 is 10.1 Å². The molecular weight excluding hydrogens is 420 g/mol. The summed E-state index contributed by atoms with van der Waals surface area (Å²) < 4.78 is 7.29. The van der Waals surface area contributed by atoms with Gasteiger partial charge in [0.25, 0.3) is 11.8 Å². The van der Waals surface area contributed by atoms with Gasteiger partial charge in [-0.3, -0.25) is 14.3 Å². The molecular formula is C24H28N6O3. The number of ether oxygens (including phenoxy) is 1. The molecule has 2 aromatic heterocycles. The van der Waals surface area contributed by atoms with E-state index in [0.717, 1.165) is 24.1 Å². The quantitative estimate of drug-likeness (QED) is 0.595. The molecule has 172 valence electrons. The van der Waals surface area contributed by atoms with Gasteiger partial charge in [0.15, 0.2) is 6.61 Å². The Bertz CT molecular complexity index is 1110. The maximum atomic E-state index is 12.9. The molecule has 1 aliphatic heterocycles. The van der Waals surface area contributed by atoms with E-state index in [-0.39, 0.29) is 24.3 Å². The number of carbonyl (C=O) groups is 2. The third-order valence-corrected chi connectivity index (χ3v) is 5.73. The maximum Gasteiger partial charge on any atom is 0.260 e. The molecule has 1 fully saturated rings. The Morgan fingerprint density at radius 2 is 1.91 bits per heavy atom. The van der Waals surface area contributed by atoms with E-state index in [9.17, 15) is 9.59 Å². The minimum Gasteiger partial charge on any atom is -0.484 e. The van der Waals surface area contributed by atoms with E-state index in [1.165, 1.54) is 0 Å². The zero-order chi connectivity index (χ0) is 23.2. The van der Waals surface area contributed by atoms with E-state index in [4.69, 9.17) is 4.74 Å². The van der Waals surface area contributed by atoms with Crippen molar-refractivity contribution < 1.29 is 14.3 Å². The lowest BCUT2D eigenvalue weighted by molar-refractivity contribution is -0.134. The van der Waals surface area contributed by atoms with Gasteiger partial charge in [0.1, 0.15) is 11.6 Å². The van der Waals surface area contributed by atoms with Gasteiger partial charge in [0.05, 0.1) is 17.5 Å². The van der Waals surface area contributed by atoms with Gasteiger partial charge >= 0.3 is 0 Å². The highest BCUT2D eigenvalue weighted by Crippen LogP contribution is 2.29. The Balaban J connectivity index is 1.35. The van der Waals surface area contributed by atoms with Crippen molar-refractivity contribution in [3.05, 3.63) is 71.6 Å². The van der Waals surface area contributed by atoms with E-state index in [0.29, 0.717) is 36.8 Å². The van der Waals surface area contributed by atoms with Crippen LogP contribution in [0.1, 0.15) is 46.2 Å². The molecule has 1 aliphatic rings. The van der Waals surface area contributed by atoms with Gasteiger partial charge in [-0.2, -0.15) is 5.10 Å². The molecule has 0 radical (unpaired) electrons. The highest BCUT2D eigenvalue weighted by atomic mass is 16.5. The van der Waals surface area contributed by atoms with Crippen LogP contribution in [-0.4, -0.2) is 56.2 Å². The topological polar surface area (TPSA) is 102 Å². The SMILES string of the molecule is Cc1ncc(C(=O)NCc2cnn(C)c2)c(C2CCN(C(=O)COc3ccccc3)CC2)n1. The molecule has 1 saturated heterocycles. The first-order valence-electron chi connectivity index (χ1n) is 11.0. The number of piperidine rings is 1. The number of hydrogen-bond donors (Lipinski definition) is 1. The number of nitrogens with zero attached hydrogens (tertiary/aromatic N) is 5. The second kappa shape index (κ2) is 10.2. The molecule has 0 unspecified atom stereocenters. The molecule has 3 heterocycles. The van der Waals surface area contributed by atoms with E-state index in [1.807, 2.05) is 55.4 Å². The van der Waals surface area contributed by atoms with Crippen molar-refractivity contribution in [1.29, 1.82) is 0 Å². The Kier molecular flexibility index (Phi) is 6.97. The standard InChI is InChI=1S/C24H28N6O3/c1-17-25-14-21(24(32)26-12-18-13-27-29(2)15-18)23(28-17)19-8-10-30(11-9-19)22(31)16-33-20-6-4-3-5-7-20/h3-7,13-15,19H,8-12,16H2,1-2H3,(H,26,32). The molecule has 9 heteroatoms. The number of para-hydroxylation sites is 1. The fourth-order valence-corrected chi connectivity index (χ4v) is 3.97. The lowest BCUT2D eigenvalue weighted by Gasteiger charge is -2.32. The summed E-state index contributed by atoms with van der Waals surface area (Å²) in [5.74, 6) is 1.15. The van der Waals surface area contributed by atoms with Crippen LogP contribution in [0.15, 0.2) is 48.9 Å². The summed E-state index contributed by atoms with van der Waals surface area (Å²) >= 11 is 0. The lowest BCUT2D eigenvalue weighted by atomic mass is 9.90. The summed E-state index contributed by atoms with van der Waals surface area (Å²) in [5.41, 5.74) is 2.16. The first kappa shape index (κ1) is 22.4. The lowest BCUT2D eigenvalue weighted by Crippen LogP contribution is -2.41. The van der Waals surface area contributed by atoms with Gasteiger partial charge in [-0.1, -0.05) is 18.2 Å². The minimum absolute atomic E-state index is 0.0172. The van der Waals surface area contributed by atoms with Crippen LogP contribution in [0.4, 0.5) is 0 Å². The van der Waals surface area contributed by atoms with E-state index in [2.05, 4.69) is 20.4 Å². The number of rotatable bonds is 7. The van der Waals surface area contributed by atoms with Crippen LogP contribution in [0, 0.1) is 6.92 Å². The average molecular weight is 449 g/mol. The van der Waals surface area contributed by atoms with Crippen molar-refractivity contribution in [3.63, 3.8) is 0 Å². The van der Waals surface area contributed by atoms with Crippen LogP contribution in [0.3, 0.4) is 0 Å². The summed E-state index contributed by atoms with van der Waals surface area (Å²) in [7, 11) is 1.84. The van der Waals surface area contributed by atoms with Crippen LogP contribution >= 0.6 is 0 Å². The molecule has 4 rings (SSSR count). The van der Waals surface area contributed by atoms with Gasteiger partial charge in [-0.25, -0.2) is 9.97 Å². The number of aromatic nitrogens is 4. The fourth-order valence-electron chi connectivity index (χ4n) is 3.97. The van der Waals surface area contributed by atoms with E-state index < -0.39 is 0 Å². The highest BCUT2D eigenvalue weighted by Gasteiger charge is 2.28. The van der Waals surface area contributed by atoms with E-state index >= 15 is 0 Å². The van der Waals surface area contributed by atoms with Gasteiger partial charge < -0.3 is 15.0 Å². The number of carbonyl (C=O) groups excluding carboxylic acids is 2. The first-order chi connectivity index (χ1) is 16.0.